The first-order valence-electron chi connectivity index (χ1n) is 6.14. The summed E-state index contributed by atoms with van der Waals surface area (Å²) in [4.78, 5) is 11.0. The maximum atomic E-state index is 11.0. The van der Waals surface area contributed by atoms with Crippen LogP contribution < -0.4 is 5.32 Å². The zero-order valence-electron chi connectivity index (χ0n) is 10.3. The second kappa shape index (κ2) is 8.72. The van der Waals surface area contributed by atoms with Gasteiger partial charge in [-0.15, -0.1) is 0 Å². The summed E-state index contributed by atoms with van der Waals surface area (Å²) in [7, 11) is 0. The van der Waals surface area contributed by atoms with Crippen molar-refractivity contribution in [2.24, 2.45) is 0 Å². The molecular formula is C12H25NO2. The molecule has 0 spiro atoms. The molecule has 0 amide bonds. The highest BCUT2D eigenvalue weighted by Gasteiger charge is 2.19. The van der Waals surface area contributed by atoms with Gasteiger partial charge in [-0.3, -0.25) is 4.79 Å². The van der Waals surface area contributed by atoms with Crippen LogP contribution in [0.3, 0.4) is 0 Å². The summed E-state index contributed by atoms with van der Waals surface area (Å²) in [5.41, 5.74) is 0. The summed E-state index contributed by atoms with van der Waals surface area (Å²) >= 11 is 0. The van der Waals surface area contributed by atoms with E-state index in [9.17, 15) is 4.79 Å². The molecule has 0 aliphatic carbocycles. The van der Waals surface area contributed by atoms with E-state index in [1.165, 1.54) is 0 Å². The molecule has 0 aliphatic rings. The van der Waals surface area contributed by atoms with Crippen LogP contribution in [-0.4, -0.2) is 23.2 Å². The molecule has 3 nitrogen and oxygen atoms in total. The minimum Gasteiger partial charge on any atom is -0.480 e. The molecule has 3 heteroatoms. The molecular weight excluding hydrogens is 190 g/mol. The molecule has 0 radical (unpaired) electrons. The van der Waals surface area contributed by atoms with Gasteiger partial charge < -0.3 is 10.4 Å². The van der Waals surface area contributed by atoms with Gasteiger partial charge in [0.25, 0.3) is 0 Å². The van der Waals surface area contributed by atoms with Crippen molar-refractivity contribution in [3.63, 3.8) is 0 Å². The summed E-state index contributed by atoms with van der Waals surface area (Å²) in [6.45, 7) is 6.30. The number of carbonyl (C=O) groups is 1. The number of aliphatic carboxylic acids is 1. The summed E-state index contributed by atoms with van der Waals surface area (Å²) in [6.07, 6.45) is 5.99. The van der Waals surface area contributed by atoms with Gasteiger partial charge >= 0.3 is 5.97 Å². The van der Waals surface area contributed by atoms with Crippen molar-refractivity contribution < 1.29 is 9.90 Å². The highest BCUT2D eigenvalue weighted by molar-refractivity contribution is 5.73. The predicted molar refractivity (Wildman–Crippen MR) is 63.1 cm³/mol. The highest BCUT2D eigenvalue weighted by atomic mass is 16.4. The average molecular weight is 215 g/mol. The fourth-order valence-electron chi connectivity index (χ4n) is 1.86. The first kappa shape index (κ1) is 14.4. The number of hydrogen-bond acceptors (Lipinski definition) is 2. The lowest BCUT2D eigenvalue weighted by atomic mass is 10.0. The van der Waals surface area contributed by atoms with Crippen molar-refractivity contribution in [2.75, 3.05) is 0 Å². The van der Waals surface area contributed by atoms with Crippen LogP contribution in [0.4, 0.5) is 0 Å². The Hall–Kier alpha value is -0.570. The van der Waals surface area contributed by atoms with Gasteiger partial charge in [-0.05, 0) is 19.3 Å². The molecule has 0 rings (SSSR count). The molecule has 0 aliphatic heterocycles. The van der Waals surface area contributed by atoms with Gasteiger partial charge in [0.05, 0.1) is 0 Å². The van der Waals surface area contributed by atoms with Gasteiger partial charge in [0.15, 0.2) is 0 Å². The minimum absolute atomic E-state index is 0.363. The van der Waals surface area contributed by atoms with Crippen LogP contribution in [0.5, 0.6) is 0 Å². The number of nitrogens with one attached hydrogen (secondary N) is 1. The highest BCUT2D eigenvalue weighted by Crippen LogP contribution is 2.08. The SMILES string of the molecule is CCCC(CCC)NC(CCC)C(=O)O. The Labute approximate surface area is 93.3 Å². The monoisotopic (exact) mass is 215 g/mol. The second-order valence-corrected chi connectivity index (χ2v) is 4.12. The summed E-state index contributed by atoms with van der Waals surface area (Å²) in [5, 5.41) is 12.3. The van der Waals surface area contributed by atoms with Gasteiger partial charge in [-0.25, -0.2) is 0 Å². The lowest BCUT2D eigenvalue weighted by Gasteiger charge is -2.22. The second-order valence-electron chi connectivity index (χ2n) is 4.12. The van der Waals surface area contributed by atoms with E-state index in [-0.39, 0.29) is 6.04 Å². The molecule has 15 heavy (non-hydrogen) atoms. The third kappa shape index (κ3) is 6.50. The summed E-state index contributed by atoms with van der Waals surface area (Å²) < 4.78 is 0. The van der Waals surface area contributed by atoms with E-state index in [0.29, 0.717) is 6.04 Å². The van der Waals surface area contributed by atoms with Gasteiger partial charge in [-0.2, -0.15) is 0 Å². The smallest absolute Gasteiger partial charge is 0.320 e. The van der Waals surface area contributed by atoms with Crippen LogP contribution in [0.2, 0.25) is 0 Å². The molecule has 90 valence electrons. The van der Waals surface area contributed by atoms with E-state index in [2.05, 4.69) is 19.2 Å². The van der Waals surface area contributed by atoms with Gasteiger partial charge in [0.1, 0.15) is 6.04 Å². The fraction of sp³-hybridized carbons (Fsp3) is 0.917. The van der Waals surface area contributed by atoms with Crippen LogP contribution in [0.15, 0.2) is 0 Å². The number of hydrogen-bond donors (Lipinski definition) is 2. The first-order chi connectivity index (χ1) is 7.15. The largest absolute Gasteiger partial charge is 0.480 e. The summed E-state index contributed by atoms with van der Waals surface area (Å²) in [6, 6.07) is 0.00532. The van der Waals surface area contributed by atoms with E-state index < -0.39 is 5.97 Å². The summed E-state index contributed by atoms with van der Waals surface area (Å²) in [5.74, 6) is -0.714. The molecule has 0 aromatic heterocycles. The lowest BCUT2D eigenvalue weighted by molar-refractivity contribution is -0.140. The average Bonchev–Trinajstić information content (AvgIpc) is 2.17. The molecule has 0 heterocycles. The van der Waals surface area contributed by atoms with Crippen molar-refractivity contribution in [1.29, 1.82) is 0 Å². The zero-order valence-corrected chi connectivity index (χ0v) is 10.3. The third-order valence-corrected chi connectivity index (χ3v) is 2.59. The number of rotatable bonds is 9. The van der Waals surface area contributed by atoms with Crippen molar-refractivity contribution in [1.82, 2.24) is 5.32 Å². The molecule has 1 unspecified atom stereocenters. The van der Waals surface area contributed by atoms with Gasteiger partial charge in [0.2, 0.25) is 0 Å². The molecule has 1 atom stereocenters. The van der Waals surface area contributed by atoms with E-state index >= 15 is 0 Å². The fourth-order valence-corrected chi connectivity index (χ4v) is 1.86. The maximum absolute atomic E-state index is 11.0. The molecule has 2 N–H and O–H groups in total. The Kier molecular flexibility index (Phi) is 8.38. The van der Waals surface area contributed by atoms with E-state index in [1.807, 2.05) is 6.92 Å². The zero-order chi connectivity index (χ0) is 11.7. The number of carboxylic acid groups (broad SMARTS) is 1. The Morgan fingerprint density at radius 3 is 1.87 bits per heavy atom. The van der Waals surface area contributed by atoms with E-state index in [4.69, 9.17) is 5.11 Å². The molecule has 0 saturated heterocycles. The quantitative estimate of drug-likeness (QED) is 0.622. The van der Waals surface area contributed by atoms with Gasteiger partial charge in [-0.1, -0.05) is 40.0 Å². The topological polar surface area (TPSA) is 49.3 Å². The molecule has 0 fully saturated rings. The maximum Gasteiger partial charge on any atom is 0.320 e. The molecule has 0 aromatic carbocycles. The minimum atomic E-state index is -0.714. The van der Waals surface area contributed by atoms with Crippen LogP contribution in [-0.2, 0) is 4.79 Å². The lowest BCUT2D eigenvalue weighted by Crippen LogP contribution is -2.43. The Morgan fingerprint density at radius 1 is 1.07 bits per heavy atom. The van der Waals surface area contributed by atoms with Crippen LogP contribution in [0, 0.1) is 0 Å². The Balaban J connectivity index is 4.12. The Bertz CT molecular complexity index is 165. The standard InChI is InChI=1S/C12H25NO2/c1-4-7-10(8-5-2)13-11(9-6-3)12(14)15/h10-11,13H,4-9H2,1-3H3,(H,14,15). The van der Waals surface area contributed by atoms with Crippen molar-refractivity contribution in [3.8, 4) is 0 Å². The van der Waals surface area contributed by atoms with Crippen molar-refractivity contribution in [3.05, 3.63) is 0 Å². The molecule has 0 saturated carbocycles. The first-order valence-corrected chi connectivity index (χ1v) is 6.14. The predicted octanol–water partition coefficient (Wildman–Crippen LogP) is 2.80. The van der Waals surface area contributed by atoms with Crippen LogP contribution >= 0.6 is 0 Å². The molecule has 0 aromatic rings. The van der Waals surface area contributed by atoms with Crippen LogP contribution in [0.25, 0.3) is 0 Å². The third-order valence-electron chi connectivity index (χ3n) is 2.59. The van der Waals surface area contributed by atoms with Crippen molar-refractivity contribution in [2.45, 2.75) is 71.4 Å². The van der Waals surface area contributed by atoms with E-state index in [1.54, 1.807) is 0 Å². The van der Waals surface area contributed by atoms with Crippen LogP contribution in [0.1, 0.15) is 59.3 Å². The molecule has 0 bridgehead atoms. The van der Waals surface area contributed by atoms with Crippen molar-refractivity contribution >= 4 is 5.97 Å². The van der Waals surface area contributed by atoms with Gasteiger partial charge in [0, 0.05) is 6.04 Å². The normalized spacial score (nSPS) is 13.1. The number of carboxylic acids is 1. The Morgan fingerprint density at radius 2 is 1.53 bits per heavy atom. The van der Waals surface area contributed by atoms with E-state index in [0.717, 1.165) is 38.5 Å².